The van der Waals surface area contributed by atoms with Gasteiger partial charge in [-0.05, 0) is 17.9 Å². The van der Waals surface area contributed by atoms with Crippen LogP contribution in [-0.2, 0) is 34.3 Å². The van der Waals surface area contributed by atoms with Crippen molar-refractivity contribution in [3.8, 4) is 0 Å². The van der Waals surface area contributed by atoms with E-state index in [-0.39, 0.29) is 17.4 Å². The summed E-state index contributed by atoms with van der Waals surface area (Å²) in [5.74, 6) is 0.788. The van der Waals surface area contributed by atoms with E-state index in [9.17, 15) is 9.00 Å². The van der Waals surface area contributed by atoms with Crippen molar-refractivity contribution in [3.05, 3.63) is 34.1 Å². The topological polar surface area (TPSA) is 85.1 Å². The van der Waals surface area contributed by atoms with Crippen LogP contribution in [0.1, 0.15) is 29.9 Å². The zero-order valence-electron chi connectivity index (χ0n) is 11.7. The number of nitrogens with zero attached hydrogens (tertiary/aromatic N) is 2. The molecule has 1 atom stereocenters. The summed E-state index contributed by atoms with van der Waals surface area (Å²) < 4.78 is 16.9. The van der Waals surface area contributed by atoms with Gasteiger partial charge >= 0.3 is 0 Å². The third-order valence-corrected chi connectivity index (χ3v) is 4.64. The van der Waals surface area contributed by atoms with Crippen LogP contribution in [0.15, 0.2) is 22.0 Å². The van der Waals surface area contributed by atoms with E-state index < -0.39 is 10.8 Å². The highest BCUT2D eigenvalue weighted by Crippen LogP contribution is 2.07. The van der Waals surface area contributed by atoms with Gasteiger partial charge in [-0.25, -0.2) is 0 Å². The van der Waals surface area contributed by atoms with Crippen LogP contribution in [0.5, 0.6) is 0 Å². The number of hydrogen-bond donors (Lipinski definition) is 1. The Bertz CT molecular complexity index is 596. The predicted octanol–water partition coefficient (Wildman–Crippen LogP) is 1.65. The number of hydrogen-bond acceptors (Lipinski definition) is 6. The van der Waals surface area contributed by atoms with E-state index in [1.54, 1.807) is 11.3 Å². The molecule has 0 bridgehead atoms. The molecule has 0 radical (unpaired) electrons. The van der Waals surface area contributed by atoms with Crippen LogP contribution in [0.3, 0.4) is 0 Å². The maximum Gasteiger partial charge on any atom is 0.232 e. The Morgan fingerprint density at radius 2 is 2.38 bits per heavy atom. The predicted molar refractivity (Wildman–Crippen MR) is 81.2 cm³/mol. The summed E-state index contributed by atoms with van der Waals surface area (Å²) in [4.78, 5) is 16.9. The van der Waals surface area contributed by atoms with Gasteiger partial charge in [0.2, 0.25) is 11.8 Å². The van der Waals surface area contributed by atoms with Crippen molar-refractivity contribution in [1.82, 2.24) is 15.5 Å². The number of carbonyl (C=O) groups is 1. The van der Waals surface area contributed by atoms with Crippen LogP contribution in [-0.4, -0.2) is 26.0 Å². The number of amides is 1. The van der Waals surface area contributed by atoms with Gasteiger partial charge < -0.3 is 9.84 Å². The summed E-state index contributed by atoms with van der Waals surface area (Å²) in [5, 5.41) is 8.45. The number of carbonyl (C=O) groups excluding carboxylic acids is 1. The molecule has 0 aliphatic rings. The molecule has 1 amide bonds. The van der Waals surface area contributed by atoms with Gasteiger partial charge in [-0.15, -0.1) is 11.3 Å². The van der Waals surface area contributed by atoms with Crippen molar-refractivity contribution in [2.45, 2.75) is 32.1 Å². The van der Waals surface area contributed by atoms with Crippen molar-refractivity contribution in [2.24, 2.45) is 0 Å². The molecule has 0 aromatic carbocycles. The summed E-state index contributed by atoms with van der Waals surface area (Å²) in [6.07, 6.45) is 1.62. The van der Waals surface area contributed by atoms with E-state index in [0.717, 1.165) is 11.3 Å². The molecule has 2 aromatic rings. The zero-order chi connectivity index (χ0) is 15.1. The average Bonchev–Trinajstić information content (AvgIpc) is 3.08. The Hall–Kier alpha value is -1.54. The molecule has 2 aromatic heterocycles. The van der Waals surface area contributed by atoms with Gasteiger partial charge in [0.05, 0.1) is 12.3 Å². The summed E-state index contributed by atoms with van der Waals surface area (Å²) in [7, 11) is -1.33. The first kappa shape index (κ1) is 15.8. The molecule has 0 saturated heterocycles. The number of nitrogens with one attached hydrogen (secondary N) is 1. The highest BCUT2D eigenvalue weighted by atomic mass is 32.2. The summed E-state index contributed by atoms with van der Waals surface area (Å²) in [6.45, 7) is 2.48. The minimum absolute atomic E-state index is 0.0526. The molecule has 1 N–H and O–H groups in total. The molecule has 0 aliphatic heterocycles. The smallest absolute Gasteiger partial charge is 0.232 e. The second kappa shape index (κ2) is 8.04. The zero-order valence-corrected chi connectivity index (χ0v) is 13.3. The van der Waals surface area contributed by atoms with Gasteiger partial charge in [0.1, 0.15) is 5.75 Å². The van der Waals surface area contributed by atoms with Crippen LogP contribution in [0.4, 0.5) is 0 Å². The second-order valence-electron chi connectivity index (χ2n) is 4.44. The summed E-state index contributed by atoms with van der Waals surface area (Å²) >= 11 is 1.57. The SMILES string of the molecule is CCCc1nc(C[S@](=O)CC(=O)NCc2cccs2)no1. The van der Waals surface area contributed by atoms with Crippen molar-refractivity contribution in [3.63, 3.8) is 0 Å². The Balaban J connectivity index is 1.74. The monoisotopic (exact) mass is 327 g/mol. The average molecular weight is 327 g/mol. The largest absolute Gasteiger partial charge is 0.350 e. The molecule has 2 rings (SSSR count). The summed E-state index contributed by atoms with van der Waals surface area (Å²) in [6, 6.07) is 3.87. The van der Waals surface area contributed by atoms with E-state index in [1.807, 2.05) is 24.4 Å². The maximum atomic E-state index is 11.9. The van der Waals surface area contributed by atoms with Crippen LogP contribution in [0, 0.1) is 0 Å². The Kier molecular flexibility index (Phi) is 6.06. The third kappa shape index (κ3) is 5.39. The van der Waals surface area contributed by atoms with E-state index >= 15 is 0 Å². The van der Waals surface area contributed by atoms with Crippen LogP contribution in [0.2, 0.25) is 0 Å². The lowest BCUT2D eigenvalue weighted by molar-refractivity contribution is -0.118. The summed E-state index contributed by atoms with van der Waals surface area (Å²) in [5.41, 5.74) is 0. The molecule has 0 spiro atoms. The van der Waals surface area contributed by atoms with E-state index in [2.05, 4.69) is 15.5 Å². The standard InChI is InChI=1S/C13H17N3O3S2/c1-2-4-13-15-11(16-19-13)8-21(18)9-12(17)14-7-10-5-3-6-20-10/h3,5-6H,2,4,7-9H2,1H3,(H,14,17)/t21-/m0/s1. The fraction of sp³-hybridized carbons (Fsp3) is 0.462. The molecule has 0 aliphatic carbocycles. The van der Waals surface area contributed by atoms with Gasteiger partial charge in [-0.1, -0.05) is 18.1 Å². The minimum atomic E-state index is -1.33. The quantitative estimate of drug-likeness (QED) is 0.797. The number of thiophene rings is 1. The van der Waals surface area contributed by atoms with E-state index in [1.165, 1.54) is 0 Å². The van der Waals surface area contributed by atoms with Crippen LogP contribution < -0.4 is 5.32 Å². The highest BCUT2D eigenvalue weighted by molar-refractivity contribution is 7.84. The lowest BCUT2D eigenvalue weighted by atomic mass is 10.3. The molecular weight excluding hydrogens is 310 g/mol. The molecule has 0 saturated carbocycles. The first-order valence-electron chi connectivity index (χ1n) is 6.63. The number of aromatic nitrogens is 2. The Morgan fingerprint density at radius 3 is 3.10 bits per heavy atom. The fourth-order valence-corrected chi connectivity index (χ4v) is 3.20. The van der Waals surface area contributed by atoms with Gasteiger partial charge in [0.15, 0.2) is 5.82 Å². The number of rotatable bonds is 8. The van der Waals surface area contributed by atoms with Gasteiger partial charge in [-0.2, -0.15) is 4.98 Å². The van der Waals surface area contributed by atoms with Crippen molar-refractivity contribution >= 4 is 28.0 Å². The van der Waals surface area contributed by atoms with E-state index in [4.69, 9.17) is 4.52 Å². The van der Waals surface area contributed by atoms with Gasteiger partial charge in [-0.3, -0.25) is 9.00 Å². The lowest BCUT2D eigenvalue weighted by Gasteiger charge is -2.02. The number of aryl methyl sites for hydroxylation is 1. The van der Waals surface area contributed by atoms with Crippen molar-refractivity contribution < 1.29 is 13.5 Å². The minimum Gasteiger partial charge on any atom is -0.350 e. The lowest BCUT2D eigenvalue weighted by Crippen LogP contribution is -2.28. The van der Waals surface area contributed by atoms with Crippen molar-refractivity contribution in [1.29, 1.82) is 0 Å². The molecule has 6 nitrogen and oxygen atoms in total. The Labute approximate surface area is 129 Å². The molecule has 8 heteroatoms. The molecule has 21 heavy (non-hydrogen) atoms. The first-order chi connectivity index (χ1) is 10.2. The van der Waals surface area contributed by atoms with Crippen LogP contribution >= 0.6 is 11.3 Å². The first-order valence-corrected chi connectivity index (χ1v) is 8.99. The molecular formula is C13H17N3O3S2. The third-order valence-electron chi connectivity index (χ3n) is 2.60. The maximum absolute atomic E-state index is 11.9. The molecule has 0 unspecified atom stereocenters. The molecule has 2 heterocycles. The normalized spacial score (nSPS) is 12.2. The van der Waals surface area contributed by atoms with Gasteiger partial charge in [0, 0.05) is 22.1 Å². The van der Waals surface area contributed by atoms with Gasteiger partial charge in [0.25, 0.3) is 0 Å². The Morgan fingerprint density at radius 1 is 1.52 bits per heavy atom. The van der Waals surface area contributed by atoms with Crippen molar-refractivity contribution in [2.75, 3.05) is 5.75 Å². The van der Waals surface area contributed by atoms with E-state index in [0.29, 0.717) is 24.7 Å². The molecule has 114 valence electrons. The molecule has 0 fully saturated rings. The van der Waals surface area contributed by atoms with Crippen LogP contribution in [0.25, 0.3) is 0 Å². The highest BCUT2D eigenvalue weighted by Gasteiger charge is 2.13. The fourth-order valence-electron chi connectivity index (χ4n) is 1.66. The second-order valence-corrected chi connectivity index (χ2v) is 6.93.